The van der Waals surface area contributed by atoms with Crippen molar-refractivity contribution >= 4 is 17.5 Å². The van der Waals surface area contributed by atoms with E-state index in [0.29, 0.717) is 42.9 Å². The SMILES string of the molecule is CCCOc1ccc(-c2noc(C3CC(=O)N(Cc4ccccc4Cl)C3)n2)cc1. The van der Waals surface area contributed by atoms with E-state index in [1.54, 1.807) is 4.90 Å². The molecule has 1 aliphatic heterocycles. The van der Waals surface area contributed by atoms with Crippen LogP contribution in [0.4, 0.5) is 0 Å². The lowest BCUT2D eigenvalue weighted by atomic mass is 10.1. The summed E-state index contributed by atoms with van der Waals surface area (Å²) in [5.41, 5.74) is 1.78. The first-order valence-corrected chi connectivity index (χ1v) is 10.1. The minimum absolute atomic E-state index is 0.0621. The second kappa shape index (κ2) is 8.66. The number of hydrogen-bond acceptors (Lipinski definition) is 5. The Morgan fingerprint density at radius 2 is 2.00 bits per heavy atom. The number of carbonyl (C=O) groups is 1. The Kier molecular flexibility index (Phi) is 5.81. The van der Waals surface area contributed by atoms with Gasteiger partial charge in [0.15, 0.2) is 0 Å². The third-order valence-electron chi connectivity index (χ3n) is 4.91. The van der Waals surface area contributed by atoms with Crippen molar-refractivity contribution in [2.75, 3.05) is 13.2 Å². The maximum absolute atomic E-state index is 12.5. The molecule has 2 heterocycles. The Balaban J connectivity index is 1.43. The highest BCUT2D eigenvalue weighted by Crippen LogP contribution is 2.31. The fourth-order valence-corrected chi connectivity index (χ4v) is 3.56. The van der Waals surface area contributed by atoms with E-state index in [9.17, 15) is 4.79 Å². The minimum Gasteiger partial charge on any atom is -0.494 e. The van der Waals surface area contributed by atoms with Gasteiger partial charge in [0.2, 0.25) is 17.6 Å². The van der Waals surface area contributed by atoms with Crippen LogP contribution in [0.15, 0.2) is 53.1 Å². The summed E-state index contributed by atoms with van der Waals surface area (Å²) in [4.78, 5) is 18.8. The highest BCUT2D eigenvalue weighted by Gasteiger charge is 2.34. The van der Waals surface area contributed by atoms with Gasteiger partial charge >= 0.3 is 0 Å². The summed E-state index contributed by atoms with van der Waals surface area (Å²) < 4.78 is 11.1. The van der Waals surface area contributed by atoms with Gasteiger partial charge in [-0.25, -0.2) is 0 Å². The number of nitrogens with zero attached hydrogens (tertiary/aromatic N) is 3. The molecule has 1 fully saturated rings. The first-order valence-electron chi connectivity index (χ1n) is 9.72. The van der Waals surface area contributed by atoms with Crippen LogP contribution < -0.4 is 4.74 Å². The minimum atomic E-state index is -0.113. The van der Waals surface area contributed by atoms with Crippen LogP contribution in [0.2, 0.25) is 5.02 Å². The Morgan fingerprint density at radius 1 is 1.21 bits per heavy atom. The first kappa shape index (κ1) is 19.5. The maximum atomic E-state index is 12.5. The molecule has 0 aliphatic carbocycles. The molecule has 0 spiro atoms. The zero-order valence-electron chi connectivity index (χ0n) is 16.2. The van der Waals surface area contributed by atoms with Gasteiger partial charge < -0.3 is 14.2 Å². The summed E-state index contributed by atoms with van der Waals surface area (Å²) in [5, 5.41) is 4.76. The molecule has 29 heavy (non-hydrogen) atoms. The van der Waals surface area contributed by atoms with Gasteiger partial charge in [-0.1, -0.05) is 41.9 Å². The average Bonchev–Trinajstić information content (AvgIpc) is 3.36. The van der Waals surface area contributed by atoms with Gasteiger partial charge in [0.1, 0.15) is 5.75 Å². The van der Waals surface area contributed by atoms with Gasteiger partial charge in [-0.05, 0) is 42.3 Å². The van der Waals surface area contributed by atoms with Crippen LogP contribution in [0.5, 0.6) is 5.75 Å². The van der Waals surface area contributed by atoms with E-state index >= 15 is 0 Å². The molecule has 0 radical (unpaired) electrons. The quantitative estimate of drug-likeness (QED) is 0.563. The first-order chi connectivity index (χ1) is 14.1. The van der Waals surface area contributed by atoms with Crippen molar-refractivity contribution in [1.82, 2.24) is 15.0 Å². The third-order valence-corrected chi connectivity index (χ3v) is 5.28. The van der Waals surface area contributed by atoms with Gasteiger partial charge in [0.25, 0.3) is 0 Å². The van der Waals surface area contributed by atoms with Crippen molar-refractivity contribution < 1.29 is 14.1 Å². The van der Waals surface area contributed by atoms with Crippen LogP contribution in [0.1, 0.15) is 37.1 Å². The van der Waals surface area contributed by atoms with E-state index in [1.165, 1.54) is 0 Å². The monoisotopic (exact) mass is 411 g/mol. The molecule has 1 amide bonds. The number of amides is 1. The molecule has 7 heteroatoms. The normalized spacial score (nSPS) is 16.4. The highest BCUT2D eigenvalue weighted by atomic mass is 35.5. The van der Waals surface area contributed by atoms with E-state index in [4.69, 9.17) is 20.9 Å². The topological polar surface area (TPSA) is 68.5 Å². The lowest BCUT2D eigenvalue weighted by molar-refractivity contribution is -0.128. The fourth-order valence-electron chi connectivity index (χ4n) is 3.36. The van der Waals surface area contributed by atoms with E-state index in [-0.39, 0.29) is 11.8 Å². The van der Waals surface area contributed by atoms with Crippen molar-refractivity contribution in [3.63, 3.8) is 0 Å². The predicted octanol–water partition coefficient (Wildman–Crippen LogP) is 4.69. The van der Waals surface area contributed by atoms with E-state index in [1.807, 2.05) is 48.5 Å². The highest BCUT2D eigenvalue weighted by molar-refractivity contribution is 6.31. The van der Waals surface area contributed by atoms with E-state index in [0.717, 1.165) is 23.3 Å². The number of benzene rings is 2. The molecule has 0 bridgehead atoms. The molecule has 1 aromatic heterocycles. The summed E-state index contributed by atoms with van der Waals surface area (Å²) in [5.74, 6) is 1.77. The molecule has 4 rings (SSSR count). The molecule has 1 saturated heterocycles. The van der Waals surface area contributed by atoms with Gasteiger partial charge in [-0.2, -0.15) is 4.98 Å². The Hall–Kier alpha value is -2.86. The summed E-state index contributed by atoms with van der Waals surface area (Å²) >= 11 is 6.23. The number of hydrogen-bond donors (Lipinski definition) is 0. The number of rotatable bonds is 7. The van der Waals surface area contributed by atoms with Crippen molar-refractivity contribution in [1.29, 1.82) is 0 Å². The van der Waals surface area contributed by atoms with Crippen molar-refractivity contribution in [2.45, 2.75) is 32.2 Å². The number of halogens is 1. The van der Waals surface area contributed by atoms with Crippen molar-refractivity contribution in [2.24, 2.45) is 0 Å². The molecular formula is C22H22ClN3O3. The Bertz CT molecular complexity index is 987. The van der Waals surface area contributed by atoms with Crippen molar-refractivity contribution in [3.8, 4) is 17.1 Å². The number of likely N-dealkylation sites (tertiary alicyclic amines) is 1. The summed E-state index contributed by atoms with van der Waals surface area (Å²) in [6, 6.07) is 15.2. The van der Waals surface area contributed by atoms with Crippen LogP contribution in [0, 0.1) is 0 Å². The predicted molar refractivity (Wildman–Crippen MR) is 110 cm³/mol. The second-order valence-electron chi connectivity index (χ2n) is 7.10. The zero-order valence-corrected chi connectivity index (χ0v) is 16.9. The molecule has 1 atom stereocenters. The summed E-state index contributed by atoms with van der Waals surface area (Å²) in [7, 11) is 0. The van der Waals surface area contributed by atoms with Gasteiger partial charge in [0.05, 0.1) is 12.5 Å². The smallest absolute Gasteiger partial charge is 0.232 e. The largest absolute Gasteiger partial charge is 0.494 e. The van der Waals surface area contributed by atoms with Gasteiger partial charge in [-0.15, -0.1) is 0 Å². The van der Waals surface area contributed by atoms with Crippen LogP contribution in [-0.4, -0.2) is 34.1 Å². The molecule has 2 aromatic carbocycles. The second-order valence-corrected chi connectivity index (χ2v) is 7.50. The van der Waals surface area contributed by atoms with Crippen LogP contribution in [0.25, 0.3) is 11.4 Å². The Labute approximate surface area is 174 Å². The van der Waals surface area contributed by atoms with Gasteiger partial charge in [0, 0.05) is 30.1 Å². The standard InChI is InChI=1S/C22H22ClN3O3/c1-2-11-28-18-9-7-15(8-10-18)21-24-22(29-25-21)17-12-20(27)26(14-17)13-16-5-3-4-6-19(16)23/h3-10,17H,2,11-14H2,1H3. The maximum Gasteiger partial charge on any atom is 0.232 e. The molecule has 0 N–H and O–H groups in total. The number of ether oxygens (including phenoxy) is 1. The average molecular weight is 412 g/mol. The lowest BCUT2D eigenvalue weighted by Gasteiger charge is -2.16. The van der Waals surface area contributed by atoms with E-state index in [2.05, 4.69) is 17.1 Å². The number of carbonyl (C=O) groups excluding carboxylic acids is 1. The fraction of sp³-hybridized carbons (Fsp3) is 0.318. The van der Waals surface area contributed by atoms with Crippen LogP contribution in [0.3, 0.4) is 0 Å². The number of aromatic nitrogens is 2. The summed E-state index contributed by atoms with van der Waals surface area (Å²) in [6.07, 6.45) is 1.32. The lowest BCUT2D eigenvalue weighted by Crippen LogP contribution is -2.24. The van der Waals surface area contributed by atoms with Gasteiger partial charge in [-0.3, -0.25) is 4.79 Å². The van der Waals surface area contributed by atoms with Crippen LogP contribution >= 0.6 is 11.6 Å². The van der Waals surface area contributed by atoms with E-state index < -0.39 is 0 Å². The molecule has 0 saturated carbocycles. The molecule has 6 nitrogen and oxygen atoms in total. The third kappa shape index (κ3) is 4.43. The van der Waals surface area contributed by atoms with Crippen molar-refractivity contribution in [3.05, 3.63) is 65.0 Å². The molecule has 1 unspecified atom stereocenters. The summed E-state index contributed by atoms with van der Waals surface area (Å²) in [6.45, 7) is 3.77. The molecule has 3 aromatic rings. The molecule has 1 aliphatic rings. The van der Waals surface area contributed by atoms with Crippen LogP contribution in [-0.2, 0) is 11.3 Å². The zero-order chi connectivity index (χ0) is 20.2. The Morgan fingerprint density at radius 3 is 2.76 bits per heavy atom. The molecule has 150 valence electrons. The molecular weight excluding hydrogens is 390 g/mol.